The molecule has 0 saturated heterocycles. The van der Waals surface area contributed by atoms with E-state index in [9.17, 15) is 4.79 Å². The van der Waals surface area contributed by atoms with Crippen LogP contribution in [0.15, 0.2) is 34.9 Å². The molecule has 0 bridgehead atoms. The minimum Gasteiger partial charge on any atom is -0.377 e. The average molecular weight is 256 g/mol. The van der Waals surface area contributed by atoms with E-state index >= 15 is 0 Å². The van der Waals surface area contributed by atoms with Crippen LogP contribution < -0.4 is 5.32 Å². The second kappa shape index (κ2) is 5.85. The molecule has 19 heavy (non-hydrogen) atoms. The number of terminal acetylenes is 1. The molecular formula is C14H12N2O3. The normalized spacial score (nSPS) is 9.89. The quantitative estimate of drug-likeness (QED) is 0.850. The topological polar surface area (TPSA) is 64.4 Å². The number of nitrogens with zero attached hydrogens (tertiary/aromatic N) is 1. The van der Waals surface area contributed by atoms with Gasteiger partial charge >= 0.3 is 0 Å². The van der Waals surface area contributed by atoms with Gasteiger partial charge in [0.25, 0.3) is 5.91 Å². The summed E-state index contributed by atoms with van der Waals surface area (Å²) in [6, 6.07) is 8.53. The molecule has 1 aromatic carbocycles. The first-order valence-electron chi connectivity index (χ1n) is 5.55. The van der Waals surface area contributed by atoms with E-state index in [1.54, 1.807) is 24.3 Å². The van der Waals surface area contributed by atoms with E-state index in [-0.39, 0.29) is 18.2 Å². The van der Waals surface area contributed by atoms with Crippen molar-refractivity contribution in [2.45, 2.75) is 6.61 Å². The molecule has 0 aliphatic rings. The molecule has 0 atom stereocenters. The van der Waals surface area contributed by atoms with Crippen molar-refractivity contribution in [3.8, 4) is 12.3 Å². The van der Waals surface area contributed by atoms with Gasteiger partial charge in [0.15, 0.2) is 11.5 Å². The highest BCUT2D eigenvalue weighted by Gasteiger charge is 2.12. The first kappa shape index (κ1) is 12.9. The van der Waals surface area contributed by atoms with Crippen molar-refractivity contribution in [2.24, 2.45) is 0 Å². The Balaban J connectivity index is 2.09. The Labute approximate surface area is 110 Å². The third-order valence-corrected chi connectivity index (χ3v) is 2.37. The number of nitrogens with one attached hydrogen (secondary N) is 1. The molecule has 2 aromatic rings. The van der Waals surface area contributed by atoms with Crippen LogP contribution in [0.4, 0.5) is 5.69 Å². The SMILES string of the molecule is C#Cc1cccc(NC(=O)c2cc(COC)on2)c1. The maximum atomic E-state index is 11.9. The molecule has 5 heteroatoms. The third kappa shape index (κ3) is 3.21. The molecule has 0 saturated carbocycles. The Hall–Kier alpha value is -2.58. The lowest BCUT2D eigenvalue weighted by Crippen LogP contribution is -2.12. The number of carbonyl (C=O) groups excluding carboxylic acids is 1. The summed E-state index contributed by atoms with van der Waals surface area (Å²) >= 11 is 0. The van der Waals surface area contributed by atoms with Crippen LogP contribution >= 0.6 is 0 Å². The number of benzene rings is 1. The number of anilines is 1. The fraction of sp³-hybridized carbons (Fsp3) is 0.143. The van der Waals surface area contributed by atoms with Crippen molar-refractivity contribution in [3.05, 3.63) is 47.3 Å². The van der Waals surface area contributed by atoms with Gasteiger partial charge in [0, 0.05) is 24.4 Å². The van der Waals surface area contributed by atoms with Gasteiger partial charge in [-0.1, -0.05) is 17.1 Å². The van der Waals surface area contributed by atoms with E-state index in [0.717, 1.165) is 0 Å². The van der Waals surface area contributed by atoms with Crippen LogP contribution in [-0.2, 0) is 11.3 Å². The van der Waals surface area contributed by atoms with Gasteiger partial charge in [0.2, 0.25) is 0 Å². The maximum Gasteiger partial charge on any atom is 0.277 e. The molecule has 1 aromatic heterocycles. The third-order valence-electron chi connectivity index (χ3n) is 2.37. The highest BCUT2D eigenvalue weighted by atomic mass is 16.5. The first-order valence-corrected chi connectivity index (χ1v) is 5.55. The zero-order valence-electron chi connectivity index (χ0n) is 10.3. The molecule has 1 N–H and O–H groups in total. The Morgan fingerprint density at radius 2 is 2.37 bits per heavy atom. The van der Waals surface area contributed by atoms with E-state index < -0.39 is 0 Å². The molecule has 2 rings (SSSR count). The molecule has 0 fully saturated rings. The fourth-order valence-corrected chi connectivity index (χ4v) is 1.51. The van der Waals surface area contributed by atoms with Gasteiger partial charge in [0.1, 0.15) is 6.61 Å². The van der Waals surface area contributed by atoms with Crippen LogP contribution in [0.5, 0.6) is 0 Å². The molecule has 0 aliphatic carbocycles. The second-order valence-corrected chi connectivity index (χ2v) is 3.79. The molecule has 0 radical (unpaired) electrons. The van der Waals surface area contributed by atoms with Gasteiger partial charge in [-0.05, 0) is 18.2 Å². The molecule has 1 heterocycles. The maximum absolute atomic E-state index is 11.9. The molecule has 0 spiro atoms. The van der Waals surface area contributed by atoms with E-state index in [2.05, 4.69) is 16.4 Å². The van der Waals surface area contributed by atoms with Crippen LogP contribution in [0, 0.1) is 12.3 Å². The molecule has 1 amide bonds. The largest absolute Gasteiger partial charge is 0.377 e. The predicted molar refractivity (Wildman–Crippen MR) is 69.5 cm³/mol. The summed E-state index contributed by atoms with van der Waals surface area (Å²) in [5, 5.41) is 6.36. The van der Waals surface area contributed by atoms with Crippen LogP contribution in [0.2, 0.25) is 0 Å². The lowest BCUT2D eigenvalue weighted by Gasteiger charge is -2.02. The molecule has 5 nitrogen and oxygen atoms in total. The number of ether oxygens (including phenoxy) is 1. The summed E-state index contributed by atoms with van der Waals surface area (Å²) in [6.07, 6.45) is 5.29. The monoisotopic (exact) mass is 256 g/mol. The van der Waals surface area contributed by atoms with Crippen LogP contribution in [-0.4, -0.2) is 18.2 Å². The molecule has 96 valence electrons. The minimum absolute atomic E-state index is 0.193. The van der Waals surface area contributed by atoms with E-state index in [1.165, 1.54) is 13.2 Å². The zero-order valence-corrected chi connectivity index (χ0v) is 10.3. The van der Waals surface area contributed by atoms with Crippen LogP contribution in [0.3, 0.4) is 0 Å². The number of carbonyl (C=O) groups is 1. The standard InChI is InChI=1S/C14H12N2O3/c1-3-10-5-4-6-11(7-10)15-14(17)13-8-12(9-18-2)19-16-13/h1,4-8H,9H2,2H3,(H,15,17). The molecule has 0 unspecified atom stereocenters. The summed E-state index contributed by atoms with van der Waals surface area (Å²) < 4.78 is 9.82. The number of rotatable bonds is 4. The Kier molecular flexibility index (Phi) is 3.96. The van der Waals surface area contributed by atoms with Crippen molar-refractivity contribution in [2.75, 3.05) is 12.4 Å². The van der Waals surface area contributed by atoms with Crippen molar-refractivity contribution in [1.29, 1.82) is 0 Å². The second-order valence-electron chi connectivity index (χ2n) is 3.79. The van der Waals surface area contributed by atoms with Crippen molar-refractivity contribution >= 4 is 11.6 Å². The van der Waals surface area contributed by atoms with Crippen LogP contribution in [0.1, 0.15) is 21.8 Å². The summed E-state index contributed by atoms with van der Waals surface area (Å²) in [6.45, 7) is 0.271. The highest BCUT2D eigenvalue weighted by molar-refractivity contribution is 6.02. The average Bonchev–Trinajstić information content (AvgIpc) is 2.88. The van der Waals surface area contributed by atoms with Gasteiger partial charge < -0.3 is 14.6 Å². The number of amides is 1. The predicted octanol–water partition coefficient (Wildman–Crippen LogP) is 2.05. The fourth-order valence-electron chi connectivity index (χ4n) is 1.51. The van der Waals surface area contributed by atoms with Crippen molar-refractivity contribution in [3.63, 3.8) is 0 Å². The Bertz CT molecular complexity index is 626. The number of aromatic nitrogens is 1. The summed E-state index contributed by atoms with van der Waals surface area (Å²) in [7, 11) is 1.54. The first-order chi connectivity index (χ1) is 9.22. The van der Waals surface area contributed by atoms with E-state index in [1.807, 2.05) is 0 Å². The van der Waals surface area contributed by atoms with E-state index in [0.29, 0.717) is 17.0 Å². The summed E-state index contributed by atoms with van der Waals surface area (Å²) in [5.41, 5.74) is 1.49. The Morgan fingerprint density at radius 1 is 1.53 bits per heavy atom. The van der Waals surface area contributed by atoms with Crippen LogP contribution in [0.25, 0.3) is 0 Å². The number of hydrogen-bond donors (Lipinski definition) is 1. The Morgan fingerprint density at radius 3 is 3.11 bits per heavy atom. The van der Waals surface area contributed by atoms with E-state index in [4.69, 9.17) is 15.7 Å². The summed E-state index contributed by atoms with van der Waals surface area (Å²) in [5.74, 6) is 2.63. The van der Waals surface area contributed by atoms with Gasteiger partial charge in [0.05, 0.1) is 0 Å². The summed E-state index contributed by atoms with van der Waals surface area (Å²) in [4.78, 5) is 11.9. The highest BCUT2D eigenvalue weighted by Crippen LogP contribution is 2.12. The zero-order chi connectivity index (χ0) is 13.7. The van der Waals surface area contributed by atoms with Gasteiger partial charge in [-0.2, -0.15) is 0 Å². The lowest BCUT2D eigenvalue weighted by atomic mass is 10.2. The lowest BCUT2D eigenvalue weighted by molar-refractivity contribution is 0.101. The van der Waals surface area contributed by atoms with Crippen molar-refractivity contribution < 1.29 is 14.1 Å². The van der Waals surface area contributed by atoms with Gasteiger partial charge in [-0.25, -0.2) is 0 Å². The molecular weight excluding hydrogens is 244 g/mol. The molecule has 0 aliphatic heterocycles. The van der Waals surface area contributed by atoms with Crippen molar-refractivity contribution in [1.82, 2.24) is 5.16 Å². The minimum atomic E-state index is -0.361. The van der Waals surface area contributed by atoms with Gasteiger partial charge in [-0.15, -0.1) is 6.42 Å². The number of hydrogen-bond acceptors (Lipinski definition) is 4. The number of methoxy groups -OCH3 is 1. The van der Waals surface area contributed by atoms with Gasteiger partial charge in [-0.3, -0.25) is 4.79 Å². The smallest absolute Gasteiger partial charge is 0.277 e.